The van der Waals surface area contributed by atoms with E-state index in [9.17, 15) is 13.2 Å². The third-order valence-electron chi connectivity index (χ3n) is 3.59. The summed E-state index contributed by atoms with van der Waals surface area (Å²) in [7, 11) is 1.33. The third kappa shape index (κ3) is 3.10. The zero-order chi connectivity index (χ0) is 18.2. The van der Waals surface area contributed by atoms with Crippen molar-refractivity contribution in [2.24, 2.45) is 7.05 Å². The topological polar surface area (TPSA) is 59.4 Å². The molecule has 0 aliphatic carbocycles. The van der Waals surface area contributed by atoms with Gasteiger partial charge in [-0.15, -0.1) is 0 Å². The van der Waals surface area contributed by atoms with Crippen LogP contribution in [-0.4, -0.2) is 19.3 Å². The molecule has 2 aromatic heterocycles. The van der Waals surface area contributed by atoms with E-state index in [2.05, 4.69) is 10.1 Å². The predicted octanol–water partition coefficient (Wildman–Crippen LogP) is 4.14. The van der Waals surface area contributed by atoms with Crippen LogP contribution in [0, 0.1) is 11.3 Å². The van der Waals surface area contributed by atoms with Crippen LogP contribution in [0.25, 0.3) is 23.2 Å². The van der Waals surface area contributed by atoms with Gasteiger partial charge in [-0.3, -0.25) is 4.68 Å². The van der Waals surface area contributed by atoms with E-state index < -0.39 is 11.9 Å². The molecule has 2 heterocycles. The van der Waals surface area contributed by atoms with Crippen LogP contribution in [0.5, 0.6) is 0 Å². The molecule has 9 heteroatoms. The molecule has 0 saturated carbocycles. The largest absolute Gasteiger partial charge is 0.435 e. The molecule has 0 N–H and O–H groups in total. The molecule has 128 valence electrons. The smallest absolute Gasteiger partial charge is 0.310 e. The predicted molar refractivity (Wildman–Crippen MR) is 87.5 cm³/mol. The number of halogens is 4. The monoisotopic (exact) mass is 365 g/mol. The fourth-order valence-corrected chi connectivity index (χ4v) is 2.68. The van der Waals surface area contributed by atoms with Crippen molar-refractivity contribution in [2.45, 2.75) is 12.7 Å². The van der Waals surface area contributed by atoms with Gasteiger partial charge in [0.25, 0.3) is 0 Å². The van der Waals surface area contributed by atoms with E-state index in [0.29, 0.717) is 11.3 Å². The molecule has 3 rings (SSSR count). The van der Waals surface area contributed by atoms with E-state index in [-0.39, 0.29) is 17.3 Å². The molecule has 0 fully saturated rings. The molecule has 0 aliphatic rings. The van der Waals surface area contributed by atoms with Gasteiger partial charge in [-0.2, -0.15) is 23.5 Å². The Morgan fingerprint density at radius 3 is 2.68 bits per heavy atom. The third-order valence-corrected chi connectivity index (χ3v) is 4.04. The van der Waals surface area contributed by atoms with Gasteiger partial charge in [0.1, 0.15) is 17.5 Å². The number of aromatic nitrogens is 4. The number of imidazole rings is 1. The standard InChI is InChI=1S/C16H11ClF3N5/c1-24-15(17)10(14(23-24)16(18,19)20)6-7-13-22-11-4-2-3-5-12(11)25(13)9-8-21/h2-7H,9H2,1H3. The Balaban J connectivity index is 2.11. The quantitative estimate of drug-likeness (QED) is 0.701. The SMILES string of the molecule is Cn1nc(C(F)(F)F)c(C=Cc2nc3ccccc3n2CC#N)c1Cl. The molecular formula is C16H11ClF3N5. The van der Waals surface area contributed by atoms with Crippen LogP contribution in [0.3, 0.4) is 0 Å². The molecule has 1 aromatic carbocycles. The van der Waals surface area contributed by atoms with E-state index in [1.54, 1.807) is 28.8 Å². The van der Waals surface area contributed by atoms with Crippen LogP contribution in [0.2, 0.25) is 5.15 Å². The average Bonchev–Trinajstić information content (AvgIpc) is 3.05. The first-order valence-electron chi connectivity index (χ1n) is 7.13. The number of rotatable bonds is 3. The summed E-state index contributed by atoms with van der Waals surface area (Å²) in [4.78, 5) is 4.35. The summed E-state index contributed by atoms with van der Waals surface area (Å²) in [5.41, 5.74) is 0.0502. The molecule has 25 heavy (non-hydrogen) atoms. The molecule has 0 unspecified atom stereocenters. The fraction of sp³-hybridized carbons (Fsp3) is 0.188. The number of fused-ring (bicyclic) bond motifs is 1. The van der Waals surface area contributed by atoms with Crippen molar-refractivity contribution in [1.82, 2.24) is 19.3 Å². The number of benzene rings is 1. The minimum atomic E-state index is -4.63. The molecule has 0 atom stereocenters. The van der Waals surface area contributed by atoms with E-state index in [1.165, 1.54) is 19.2 Å². The Morgan fingerprint density at radius 2 is 2.00 bits per heavy atom. The lowest BCUT2D eigenvalue weighted by molar-refractivity contribution is -0.141. The van der Waals surface area contributed by atoms with Crippen molar-refractivity contribution < 1.29 is 13.2 Å². The zero-order valence-corrected chi connectivity index (χ0v) is 13.7. The van der Waals surface area contributed by atoms with Crippen molar-refractivity contribution in [3.63, 3.8) is 0 Å². The molecular weight excluding hydrogens is 355 g/mol. The summed E-state index contributed by atoms with van der Waals surface area (Å²) in [6.45, 7) is 0.0209. The van der Waals surface area contributed by atoms with Gasteiger partial charge in [-0.25, -0.2) is 4.98 Å². The van der Waals surface area contributed by atoms with Crippen molar-refractivity contribution in [1.29, 1.82) is 5.26 Å². The van der Waals surface area contributed by atoms with Gasteiger partial charge >= 0.3 is 6.18 Å². The molecule has 0 aliphatic heterocycles. The summed E-state index contributed by atoms with van der Waals surface area (Å²) in [6.07, 6.45) is -2.01. The lowest BCUT2D eigenvalue weighted by atomic mass is 10.2. The summed E-state index contributed by atoms with van der Waals surface area (Å²) in [5.74, 6) is 0.357. The average molecular weight is 366 g/mol. The first-order valence-corrected chi connectivity index (χ1v) is 7.50. The molecule has 5 nitrogen and oxygen atoms in total. The van der Waals surface area contributed by atoms with Crippen LogP contribution in [0.4, 0.5) is 13.2 Å². The molecule has 0 radical (unpaired) electrons. The number of alkyl halides is 3. The van der Waals surface area contributed by atoms with Crippen molar-refractivity contribution in [3.8, 4) is 6.07 Å². The maximum absolute atomic E-state index is 13.1. The number of hydrogen-bond donors (Lipinski definition) is 0. The summed E-state index contributed by atoms with van der Waals surface area (Å²) in [6, 6.07) is 9.16. The van der Waals surface area contributed by atoms with Gasteiger partial charge in [-0.05, 0) is 24.3 Å². The molecule has 0 bridgehead atoms. The highest BCUT2D eigenvalue weighted by Crippen LogP contribution is 2.35. The number of nitrogens with zero attached hydrogens (tertiary/aromatic N) is 5. The zero-order valence-electron chi connectivity index (χ0n) is 12.9. The fourth-order valence-electron chi connectivity index (χ4n) is 2.49. The Morgan fingerprint density at radius 1 is 1.28 bits per heavy atom. The highest BCUT2D eigenvalue weighted by molar-refractivity contribution is 6.31. The van der Waals surface area contributed by atoms with Gasteiger partial charge in [0.15, 0.2) is 5.69 Å². The van der Waals surface area contributed by atoms with E-state index >= 15 is 0 Å². The van der Waals surface area contributed by atoms with E-state index in [4.69, 9.17) is 16.9 Å². The van der Waals surface area contributed by atoms with Crippen LogP contribution in [0.1, 0.15) is 17.1 Å². The number of aryl methyl sites for hydroxylation is 1. The Labute approximate surface area is 145 Å². The van der Waals surface area contributed by atoms with Crippen LogP contribution in [0.15, 0.2) is 24.3 Å². The Kier molecular flexibility index (Phi) is 4.27. The first kappa shape index (κ1) is 17.0. The lowest BCUT2D eigenvalue weighted by Crippen LogP contribution is -2.08. The summed E-state index contributed by atoms with van der Waals surface area (Å²) in [5, 5.41) is 12.3. The normalized spacial score (nSPS) is 12.2. The number of hydrogen-bond acceptors (Lipinski definition) is 3. The molecule has 3 aromatic rings. The maximum atomic E-state index is 13.1. The van der Waals surface area contributed by atoms with Gasteiger partial charge in [0, 0.05) is 12.6 Å². The number of nitriles is 1. The van der Waals surface area contributed by atoms with Crippen molar-refractivity contribution in [2.75, 3.05) is 0 Å². The highest BCUT2D eigenvalue weighted by atomic mass is 35.5. The van der Waals surface area contributed by atoms with Gasteiger partial charge in [0.2, 0.25) is 0 Å². The second-order valence-electron chi connectivity index (χ2n) is 5.21. The van der Waals surface area contributed by atoms with E-state index in [0.717, 1.165) is 10.2 Å². The first-order chi connectivity index (χ1) is 11.8. The van der Waals surface area contributed by atoms with Crippen LogP contribution >= 0.6 is 11.6 Å². The molecule has 0 spiro atoms. The van der Waals surface area contributed by atoms with Gasteiger partial charge in [-0.1, -0.05) is 23.7 Å². The summed E-state index contributed by atoms with van der Waals surface area (Å²) >= 11 is 5.94. The van der Waals surface area contributed by atoms with Crippen LogP contribution in [-0.2, 0) is 19.8 Å². The number of para-hydroxylation sites is 2. The van der Waals surface area contributed by atoms with Gasteiger partial charge in [0.05, 0.1) is 17.1 Å². The summed E-state index contributed by atoms with van der Waals surface area (Å²) < 4.78 is 41.9. The van der Waals surface area contributed by atoms with Crippen LogP contribution < -0.4 is 0 Å². The van der Waals surface area contributed by atoms with Crippen molar-refractivity contribution >= 4 is 34.8 Å². The van der Waals surface area contributed by atoms with Crippen molar-refractivity contribution in [3.05, 3.63) is 46.5 Å². The van der Waals surface area contributed by atoms with Gasteiger partial charge < -0.3 is 4.57 Å². The Hall–Kier alpha value is -2.79. The minimum Gasteiger partial charge on any atom is -0.310 e. The second-order valence-corrected chi connectivity index (χ2v) is 5.57. The second kappa shape index (κ2) is 6.26. The Bertz CT molecular complexity index is 1010. The van der Waals surface area contributed by atoms with E-state index in [1.807, 2.05) is 6.07 Å². The maximum Gasteiger partial charge on any atom is 0.435 e. The highest BCUT2D eigenvalue weighted by Gasteiger charge is 2.37. The molecule has 0 amide bonds. The molecule has 0 saturated heterocycles. The minimum absolute atomic E-state index is 0.0209. The lowest BCUT2D eigenvalue weighted by Gasteiger charge is -2.03.